The number of unbranched alkanes of at least 4 members (excludes halogenated alkanes) is 3. The van der Waals surface area contributed by atoms with Gasteiger partial charge in [-0.2, -0.15) is 0 Å². The summed E-state index contributed by atoms with van der Waals surface area (Å²) in [5, 5.41) is 0. The molecular weight excluding hydrogens is 220 g/mol. The molecule has 0 N–H and O–H groups in total. The van der Waals surface area contributed by atoms with Gasteiger partial charge in [0.25, 0.3) is 0 Å². The normalized spacial score (nSPS) is 11.6. The molecule has 0 heterocycles. The van der Waals surface area contributed by atoms with Crippen LogP contribution in [0.2, 0.25) is 0 Å². The van der Waals surface area contributed by atoms with Crippen LogP contribution in [0.3, 0.4) is 0 Å². The highest BCUT2D eigenvalue weighted by molar-refractivity contribution is 6.08. The van der Waals surface area contributed by atoms with Crippen LogP contribution in [0.15, 0.2) is 42.0 Å². The second kappa shape index (κ2) is 8.68. The standard InChI is InChI=1S/C17H24O/c1-3-5-8-12-15(11-6-4-2)17(18)16-13-9-7-10-14-16/h7,9-10,12-14H,3-6,8,11H2,1-2H3/b15-12+. The molecule has 0 spiro atoms. The van der Waals surface area contributed by atoms with Crippen LogP contribution in [-0.4, -0.2) is 5.78 Å². The third-order valence-electron chi connectivity index (χ3n) is 3.08. The molecule has 0 fully saturated rings. The molecule has 0 atom stereocenters. The monoisotopic (exact) mass is 244 g/mol. The molecule has 0 saturated heterocycles. The van der Waals surface area contributed by atoms with E-state index in [-0.39, 0.29) is 5.78 Å². The molecule has 0 amide bonds. The van der Waals surface area contributed by atoms with Crippen molar-refractivity contribution >= 4 is 5.78 Å². The highest BCUT2D eigenvalue weighted by Gasteiger charge is 2.10. The van der Waals surface area contributed by atoms with Crippen molar-refractivity contribution in [3.8, 4) is 0 Å². The lowest BCUT2D eigenvalue weighted by Crippen LogP contribution is -2.03. The van der Waals surface area contributed by atoms with E-state index in [1.54, 1.807) is 0 Å². The molecule has 98 valence electrons. The van der Waals surface area contributed by atoms with E-state index in [2.05, 4.69) is 19.9 Å². The first kappa shape index (κ1) is 14.7. The zero-order chi connectivity index (χ0) is 13.2. The molecule has 18 heavy (non-hydrogen) atoms. The van der Waals surface area contributed by atoms with Crippen molar-refractivity contribution in [1.29, 1.82) is 0 Å². The first-order valence-corrected chi connectivity index (χ1v) is 7.08. The number of carbonyl (C=O) groups excluding carboxylic acids is 1. The molecule has 0 bridgehead atoms. The van der Waals surface area contributed by atoms with Crippen molar-refractivity contribution in [2.75, 3.05) is 0 Å². The summed E-state index contributed by atoms with van der Waals surface area (Å²) < 4.78 is 0. The van der Waals surface area contributed by atoms with Gasteiger partial charge in [-0.25, -0.2) is 0 Å². The molecular formula is C17H24O. The number of hydrogen-bond donors (Lipinski definition) is 0. The van der Waals surface area contributed by atoms with Gasteiger partial charge in [-0.15, -0.1) is 0 Å². The zero-order valence-corrected chi connectivity index (χ0v) is 11.6. The summed E-state index contributed by atoms with van der Waals surface area (Å²) in [5.74, 6) is 0.208. The van der Waals surface area contributed by atoms with E-state index in [4.69, 9.17) is 0 Å². The maximum atomic E-state index is 12.4. The molecule has 0 aliphatic rings. The Balaban J connectivity index is 2.75. The van der Waals surface area contributed by atoms with Crippen LogP contribution in [-0.2, 0) is 0 Å². The first-order chi connectivity index (χ1) is 8.79. The lowest BCUT2D eigenvalue weighted by molar-refractivity contribution is 0.103. The molecule has 0 saturated carbocycles. The molecule has 0 unspecified atom stereocenters. The number of carbonyl (C=O) groups is 1. The smallest absolute Gasteiger partial charge is 0.188 e. The van der Waals surface area contributed by atoms with Crippen LogP contribution in [0.4, 0.5) is 0 Å². The van der Waals surface area contributed by atoms with Crippen molar-refractivity contribution < 1.29 is 4.79 Å². The average Bonchev–Trinajstić information content (AvgIpc) is 2.43. The van der Waals surface area contributed by atoms with Gasteiger partial charge in [0.15, 0.2) is 5.78 Å². The lowest BCUT2D eigenvalue weighted by atomic mass is 9.97. The Bertz CT molecular complexity index is 376. The Morgan fingerprint density at radius 1 is 1.06 bits per heavy atom. The minimum atomic E-state index is 0.208. The highest BCUT2D eigenvalue weighted by atomic mass is 16.1. The fraction of sp³-hybridized carbons (Fsp3) is 0.471. The number of allylic oxidation sites excluding steroid dienone is 2. The summed E-state index contributed by atoms with van der Waals surface area (Å²) in [6.07, 6.45) is 8.65. The number of hydrogen-bond acceptors (Lipinski definition) is 1. The summed E-state index contributed by atoms with van der Waals surface area (Å²) in [6.45, 7) is 4.34. The molecule has 1 heteroatoms. The summed E-state index contributed by atoms with van der Waals surface area (Å²) in [6, 6.07) is 9.61. The van der Waals surface area contributed by atoms with Gasteiger partial charge in [-0.1, -0.05) is 69.5 Å². The van der Waals surface area contributed by atoms with Gasteiger partial charge < -0.3 is 0 Å². The fourth-order valence-corrected chi connectivity index (χ4v) is 1.93. The summed E-state index contributed by atoms with van der Waals surface area (Å²) in [7, 11) is 0. The molecule has 0 radical (unpaired) electrons. The molecule has 1 nitrogen and oxygen atoms in total. The van der Waals surface area contributed by atoms with Crippen molar-refractivity contribution in [2.24, 2.45) is 0 Å². The number of benzene rings is 1. The van der Waals surface area contributed by atoms with Crippen molar-refractivity contribution in [3.05, 3.63) is 47.5 Å². The van der Waals surface area contributed by atoms with Crippen LogP contribution in [0.25, 0.3) is 0 Å². The minimum Gasteiger partial charge on any atom is -0.289 e. The van der Waals surface area contributed by atoms with E-state index in [9.17, 15) is 4.79 Å². The molecule has 1 aromatic rings. The largest absolute Gasteiger partial charge is 0.289 e. The van der Waals surface area contributed by atoms with Gasteiger partial charge >= 0.3 is 0 Å². The Labute approximate surface area is 111 Å². The Hall–Kier alpha value is -1.37. The Morgan fingerprint density at radius 2 is 1.72 bits per heavy atom. The van der Waals surface area contributed by atoms with E-state index in [0.717, 1.165) is 43.2 Å². The SMILES string of the molecule is CCCC/C=C(\CCCC)C(=O)c1ccccc1. The van der Waals surface area contributed by atoms with Crippen molar-refractivity contribution in [2.45, 2.75) is 52.4 Å². The molecule has 1 aromatic carbocycles. The van der Waals surface area contributed by atoms with E-state index in [0.29, 0.717) is 0 Å². The molecule has 0 aliphatic carbocycles. The third-order valence-corrected chi connectivity index (χ3v) is 3.08. The van der Waals surface area contributed by atoms with E-state index in [1.807, 2.05) is 30.3 Å². The quantitative estimate of drug-likeness (QED) is 0.350. The van der Waals surface area contributed by atoms with Crippen molar-refractivity contribution in [1.82, 2.24) is 0 Å². The van der Waals surface area contributed by atoms with Gasteiger partial charge in [0, 0.05) is 5.56 Å². The lowest BCUT2D eigenvalue weighted by Gasteiger charge is -2.06. The zero-order valence-electron chi connectivity index (χ0n) is 11.6. The number of ketones is 1. The van der Waals surface area contributed by atoms with Crippen LogP contribution in [0.5, 0.6) is 0 Å². The number of rotatable bonds is 8. The van der Waals surface area contributed by atoms with Gasteiger partial charge in [0.1, 0.15) is 0 Å². The summed E-state index contributed by atoms with van der Waals surface area (Å²) in [4.78, 5) is 12.4. The Morgan fingerprint density at radius 3 is 2.33 bits per heavy atom. The molecule has 0 aromatic heterocycles. The van der Waals surface area contributed by atoms with Gasteiger partial charge in [-0.05, 0) is 24.8 Å². The highest BCUT2D eigenvalue weighted by Crippen LogP contribution is 2.16. The molecule has 1 rings (SSSR count). The number of Topliss-reactive ketones (excluding diaryl/α,β-unsaturated/α-hetero) is 1. The van der Waals surface area contributed by atoms with Gasteiger partial charge in [0.05, 0.1) is 0 Å². The van der Waals surface area contributed by atoms with Crippen LogP contribution < -0.4 is 0 Å². The van der Waals surface area contributed by atoms with E-state index < -0.39 is 0 Å². The maximum Gasteiger partial charge on any atom is 0.188 e. The second-order valence-corrected chi connectivity index (χ2v) is 4.67. The Kier molecular flexibility index (Phi) is 7.09. The average molecular weight is 244 g/mol. The van der Waals surface area contributed by atoms with Crippen LogP contribution in [0.1, 0.15) is 62.7 Å². The molecule has 0 aliphatic heterocycles. The van der Waals surface area contributed by atoms with E-state index in [1.165, 1.54) is 6.42 Å². The minimum absolute atomic E-state index is 0.208. The van der Waals surface area contributed by atoms with Crippen LogP contribution >= 0.6 is 0 Å². The predicted octanol–water partition coefficient (Wildman–Crippen LogP) is 5.18. The first-order valence-electron chi connectivity index (χ1n) is 7.08. The topological polar surface area (TPSA) is 17.1 Å². The maximum absolute atomic E-state index is 12.4. The van der Waals surface area contributed by atoms with Gasteiger partial charge in [0.2, 0.25) is 0 Å². The third kappa shape index (κ3) is 4.87. The van der Waals surface area contributed by atoms with Crippen LogP contribution in [0, 0.1) is 0 Å². The second-order valence-electron chi connectivity index (χ2n) is 4.67. The summed E-state index contributed by atoms with van der Waals surface area (Å²) in [5.41, 5.74) is 1.81. The predicted molar refractivity (Wildman–Crippen MR) is 77.9 cm³/mol. The van der Waals surface area contributed by atoms with E-state index >= 15 is 0 Å². The van der Waals surface area contributed by atoms with Gasteiger partial charge in [-0.3, -0.25) is 4.79 Å². The van der Waals surface area contributed by atoms with Crippen molar-refractivity contribution in [3.63, 3.8) is 0 Å². The fourth-order valence-electron chi connectivity index (χ4n) is 1.93. The summed E-state index contributed by atoms with van der Waals surface area (Å²) >= 11 is 0.